The van der Waals surface area contributed by atoms with Crippen LogP contribution in [0.3, 0.4) is 0 Å². The second kappa shape index (κ2) is 6.24. The summed E-state index contributed by atoms with van der Waals surface area (Å²) in [6.07, 6.45) is 6.47. The second-order valence-electron chi connectivity index (χ2n) is 5.31. The molecule has 16 heavy (non-hydrogen) atoms. The first-order chi connectivity index (χ1) is 7.56. The zero-order valence-electron chi connectivity index (χ0n) is 10.6. The first-order valence-corrected chi connectivity index (χ1v) is 6.55. The third-order valence-corrected chi connectivity index (χ3v) is 3.44. The lowest BCUT2D eigenvalue weighted by Crippen LogP contribution is -2.45. The lowest BCUT2D eigenvalue weighted by Gasteiger charge is -2.35. The van der Waals surface area contributed by atoms with E-state index in [4.69, 9.17) is 0 Å². The topological polar surface area (TPSA) is 49.3 Å². The molecule has 1 fully saturated rings. The van der Waals surface area contributed by atoms with E-state index in [9.17, 15) is 9.90 Å². The number of carbonyl (C=O) groups is 1. The molecule has 3 nitrogen and oxygen atoms in total. The van der Waals surface area contributed by atoms with E-state index >= 15 is 0 Å². The molecule has 0 aromatic carbocycles. The van der Waals surface area contributed by atoms with Crippen LogP contribution in [0.25, 0.3) is 0 Å². The number of hydrogen-bond acceptors (Lipinski definition) is 2. The fraction of sp³-hybridized carbons (Fsp3) is 0.923. The smallest absolute Gasteiger partial charge is 0.220 e. The van der Waals surface area contributed by atoms with Gasteiger partial charge < -0.3 is 10.4 Å². The number of rotatable bonds is 5. The van der Waals surface area contributed by atoms with Gasteiger partial charge in [-0.2, -0.15) is 0 Å². The molecule has 0 radical (unpaired) electrons. The summed E-state index contributed by atoms with van der Waals surface area (Å²) in [5, 5.41) is 13.2. The van der Waals surface area contributed by atoms with Crippen LogP contribution in [-0.2, 0) is 4.79 Å². The summed E-state index contributed by atoms with van der Waals surface area (Å²) in [5.74, 6) is 0.653. The monoisotopic (exact) mass is 227 g/mol. The Labute approximate surface area is 98.6 Å². The van der Waals surface area contributed by atoms with Gasteiger partial charge in [0, 0.05) is 13.0 Å². The summed E-state index contributed by atoms with van der Waals surface area (Å²) in [6.45, 7) is 4.67. The van der Waals surface area contributed by atoms with Crippen molar-refractivity contribution < 1.29 is 9.90 Å². The normalized spacial score (nSPS) is 30.1. The van der Waals surface area contributed by atoms with Gasteiger partial charge >= 0.3 is 0 Å². The van der Waals surface area contributed by atoms with E-state index < -0.39 is 5.60 Å². The van der Waals surface area contributed by atoms with Crippen molar-refractivity contribution in [3.8, 4) is 0 Å². The van der Waals surface area contributed by atoms with Crippen molar-refractivity contribution in [1.82, 2.24) is 5.32 Å². The molecule has 0 aromatic heterocycles. The van der Waals surface area contributed by atoms with Gasteiger partial charge in [0.05, 0.1) is 5.60 Å². The SMILES string of the molecule is CCCCC(=O)NCC1(O)CCCC(C)C1. The van der Waals surface area contributed by atoms with Gasteiger partial charge in [0.15, 0.2) is 0 Å². The summed E-state index contributed by atoms with van der Waals surface area (Å²) in [7, 11) is 0. The summed E-state index contributed by atoms with van der Waals surface area (Å²) < 4.78 is 0. The van der Waals surface area contributed by atoms with Gasteiger partial charge in [0.1, 0.15) is 0 Å². The molecule has 1 aliphatic carbocycles. The Hall–Kier alpha value is -0.570. The van der Waals surface area contributed by atoms with Crippen molar-refractivity contribution in [3.05, 3.63) is 0 Å². The number of carbonyl (C=O) groups excluding carboxylic acids is 1. The zero-order valence-corrected chi connectivity index (χ0v) is 10.6. The first-order valence-electron chi connectivity index (χ1n) is 6.55. The highest BCUT2D eigenvalue weighted by atomic mass is 16.3. The lowest BCUT2D eigenvalue weighted by molar-refractivity contribution is -0.123. The number of hydrogen-bond donors (Lipinski definition) is 2. The number of unbranched alkanes of at least 4 members (excludes halogenated alkanes) is 1. The minimum absolute atomic E-state index is 0.0773. The van der Waals surface area contributed by atoms with Crippen LogP contribution in [0.2, 0.25) is 0 Å². The molecule has 2 atom stereocenters. The van der Waals surface area contributed by atoms with E-state index in [1.165, 1.54) is 6.42 Å². The molecule has 1 saturated carbocycles. The maximum Gasteiger partial charge on any atom is 0.220 e. The first kappa shape index (κ1) is 13.5. The Morgan fingerprint density at radius 3 is 2.94 bits per heavy atom. The Kier molecular flexibility index (Phi) is 5.26. The summed E-state index contributed by atoms with van der Waals surface area (Å²) in [6, 6.07) is 0. The van der Waals surface area contributed by atoms with E-state index in [1.54, 1.807) is 0 Å². The highest BCUT2D eigenvalue weighted by Crippen LogP contribution is 2.31. The maximum absolute atomic E-state index is 11.4. The second-order valence-corrected chi connectivity index (χ2v) is 5.31. The number of aliphatic hydroxyl groups is 1. The van der Waals surface area contributed by atoms with E-state index in [0.717, 1.165) is 32.1 Å². The van der Waals surface area contributed by atoms with Crippen molar-refractivity contribution >= 4 is 5.91 Å². The average molecular weight is 227 g/mol. The van der Waals surface area contributed by atoms with Gasteiger partial charge in [-0.25, -0.2) is 0 Å². The minimum Gasteiger partial charge on any atom is -0.388 e. The maximum atomic E-state index is 11.4. The van der Waals surface area contributed by atoms with Gasteiger partial charge in [0.25, 0.3) is 0 Å². The lowest BCUT2D eigenvalue weighted by atomic mass is 9.79. The molecule has 0 heterocycles. The van der Waals surface area contributed by atoms with Gasteiger partial charge in [-0.15, -0.1) is 0 Å². The van der Waals surface area contributed by atoms with Crippen LogP contribution in [0.5, 0.6) is 0 Å². The molecule has 2 unspecified atom stereocenters. The van der Waals surface area contributed by atoms with Gasteiger partial charge in [-0.1, -0.05) is 33.1 Å². The Bertz CT molecular complexity index is 230. The number of amides is 1. The van der Waals surface area contributed by atoms with Crippen LogP contribution in [0, 0.1) is 5.92 Å². The van der Waals surface area contributed by atoms with Crippen LogP contribution < -0.4 is 5.32 Å². The van der Waals surface area contributed by atoms with Crippen LogP contribution in [-0.4, -0.2) is 23.2 Å². The molecule has 3 heteroatoms. The highest BCUT2D eigenvalue weighted by molar-refractivity contribution is 5.75. The van der Waals surface area contributed by atoms with E-state index in [1.807, 2.05) is 0 Å². The highest BCUT2D eigenvalue weighted by Gasteiger charge is 2.32. The largest absolute Gasteiger partial charge is 0.388 e. The Morgan fingerprint density at radius 2 is 2.31 bits per heavy atom. The predicted octanol–water partition coefficient (Wildman–Crippen LogP) is 2.23. The zero-order chi connectivity index (χ0) is 12.0. The molecule has 2 N–H and O–H groups in total. The minimum atomic E-state index is -0.653. The summed E-state index contributed by atoms with van der Waals surface area (Å²) in [5.41, 5.74) is -0.653. The van der Waals surface area contributed by atoms with Crippen molar-refractivity contribution in [2.45, 2.75) is 64.4 Å². The summed E-state index contributed by atoms with van der Waals surface area (Å²) in [4.78, 5) is 11.4. The van der Waals surface area contributed by atoms with E-state index in [2.05, 4.69) is 19.2 Å². The van der Waals surface area contributed by atoms with Crippen LogP contribution in [0.1, 0.15) is 58.8 Å². The van der Waals surface area contributed by atoms with Crippen molar-refractivity contribution in [3.63, 3.8) is 0 Å². The fourth-order valence-corrected chi connectivity index (χ4v) is 2.48. The van der Waals surface area contributed by atoms with E-state index in [-0.39, 0.29) is 5.91 Å². The molecule has 0 aliphatic heterocycles. The van der Waals surface area contributed by atoms with Gasteiger partial charge in [-0.05, 0) is 25.2 Å². The molecule has 0 saturated heterocycles. The third-order valence-electron chi connectivity index (χ3n) is 3.44. The Morgan fingerprint density at radius 1 is 1.56 bits per heavy atom. The van der Waals surface area contributed by atoms with Crippen LogP contribution in [0.4, 0.5) is 0 Å². The van der Waals surface area contributed by atoms with Crippen molar-refractivity contribution in [2.24, 2.45) is 5.92 Å². The van der Waals surface area contributed by atoms with Crippen molar-refractivity contribution in [2.75, 3.05) is 6.54 Å². The molecular weight excluding hydrogens is 202 g/mol. The summed E-state index contributed by atoms with van der Waals surface area (Å²) >= 11 is 0. The molecule has 1 amide bonds. The molecule has 0 aromatic rings. The average Bonchev–Trinajstić information content (AvgIpc) is 2.23. The number of nitrogens with one attached hydrogen (secondary N) is 1. The third kappa shape index (κ3) is 4.52. The molecule has 0 bridgehead atoms. The van der Waals surface area contributed by atoms with Crippen molar-refractivity contribution in [1.29, 1.82) is 0 Å². The predicted molar refractivity (Wildman–Crippen MR) is 65.1 cm³/mol. The standard InChI is InChI=1S/C13H25NO2/c1-3-4-7-12(15)14-10-13(16)8-5-6-11(2)9-13/h11,16H,3-10H2,1-2H3,(H,14,15). The Balaban J connectivity index is 2.27. The van der Waals surface area contributed by atoms with Crippen LogP contribution in [0.15, 0.2) is 0 Å². The van der Waals surface area contributed by atoms with E-state index in [0.29, 0.717) is 18.9 Å². The molecule has 94 valence electrons. The quantitative estimate of drug-likeness (QED) is 0.756. The van der Waals surface area contributed by atoms with Crippen LogP contribution >= 0.6 is 0 Å². The molecule has 1 aliphatic rings. The fourth-order valence-electron chi connectivity index (χ4n) is 2.48. The molecular formula is C13H25NO2. The molecule has 1 rings (SSSR count). The molecule has 0 spiro atoms. The van der Waals surface area contributed by atoms with Gasteiger partial charge in [-0.3, -0.25) is 4.79 Å². The van der Waals surface area contributed by atoms with Gasteiger partial charge in [0.2, 0.25) is 5.91 Å².